The Morgan fingerprint density at radius 2 is 2.38 bits per heavy atom. The van der Waals surface area contributed by atoms with Crippen molar-refractivity contribution in [1.82, 2.24) is 9.88 Å². The molecule has 6 heteroatoms. The van der Waals surface area contributed by atoms with Crippen LogP contribution in [0.3, 0.4) is 0 Å². The summed E-state index contributed by atoms with van der Waals surface area (Å²) >= 11 is 0. The molecular formula is C10H10N2O4. The van der Waals surface area contributed by atoms with Gasteiger partial charge < -0.3 is 14.4 Å². The van der Waals surface area contributed by atoms with Crippen LogP contribution in [0.4, 0.5) is 0 Å². The largest absolute Gasteiger partial charge is 0.480 e. The molecule has 1 amide bonds. The van der Waals surface area contributed by atoms with E-state index in [-0.39, 0.29) is 12.3 Å². The van der Waals surface area contributed by atoms with E-state index >= 15 is 0 Å². The van der Waals surface area contributed by atoms with Gasteiger partial charge in [-0.1, -0.05) is 5.92 Å². The summed E-state index contributed by atoms with van der Waals surface area (Å²) in [5.41, 5.74) is 0.400. The van der Waals surface area contributed by atoms with Crippen molar-refractivity contribution in [2.24, 2.45) is 0 Å². The third-order valence-electron chi connectivity index (χ3n) is 1.84. The average molecular weight is 222 g/mol. The zero-order chi connectivity index (χ0) is 12.1. The minimum Gasteiger partial charge on any atom is -0.480 e. The van der Waals surface area contributed by atoms with Crippen LogP contribution < -0.4 is 0 Å². The molecule has 16 heavy (non-hydrogen) atoms. The van der Waals surface area contributed by atoms with Crippen LogP contribution in [0.25, 0.3) is 0 Å². The van der Waals surface area contributed by atoms with Gasteiger partial charge in [-0.3, -0.25) is 9.59 Å². The minimum absolute atomic E-state index is 0.0106. The maximum atomic E-state index is 11.8. The minimum atomic E-state index is -1.14. The molecule has 6 nitrogen and oxygen atoms in total. The molecule has 0 spiro atoms. The van der Waals surface area contributed by atoms with Gasteiger partial charge in [0.05, 0.1) is 12.2 Å². The second-order valence-corrected chi connectivity index (χ2v) is 3.03. The molecular weight excluding hydrogens is 212 g/mol. The van der Waals surface area contributed by atoms with E-state index in [9.17, 15) is 9.59 Å². The molecule has 1 heterocycles. The fourth-order valence-electron chi connectivity index (χ4n) is 1.12. The summed E-state index contributed by atoms with van der Waals surface area (Å²) in [6, 6.07) is 0. The van der Waals surface area contributed by atoms with Gasteiger partial charge >= 0.3 is 5.97 Å². The highest BCUT2D eigenvalue weighted by atomic mass is 16.4. The van der Waals surface area contributed by atoms with Gasteiger partial charge in [0.2, 0.25) is 5.76 Å². The van der Waals surface area contributed by atoms with Gasteiger partial charge in [0.15, 0.2) is 6.39 Å². The zero-order valence-corrected chi connectivity index (χ0v) is 8.64. The first-order chi connectivity index (χ1) is 7.56. The van der Waals surface area contributed by atoms with Crippen LogP contribution in [0.1, 0.15) is 16.2 Å². The van der Waals surface area contributed by atoms with Crippen molar-refractivity contribution in [3.05, 3.63) is 17.8 Å². The first-order valence-corrected chi connectivity index (χ1v) is 4.41. The molecule has 1 rings (SSSR count). The Morgan fingerprint density at radius 3 is 2.81 bits per heavy atom. The molecule has 0 unspecified atom stereocenters. The van der Waals surface area contributed by atoms with E-state index < -0.39 is 18.4 Å². The molecule has 0 fully saturated rings. The number of nitrogens with zero attached hydrogens (tertiary/aromatic N) is 2. The zero-order valence-electron chi connectivity index (χ0n) is 8.64. The summed E-state index contributed by atoms with van der Waals surface area (Å²) in [7, 11) is 0. The third kappa shape index (κ3) is 2.60. The monoisotopic (exact) mass is 222 g/mol. The Labute approximate surface area is 91.9 Å². The van der Waals surface area contributed by atoms with Crippen molar-refractivity contribution in [3.8, 4) is 12.3 Å². The van der Waals surface area contributed by atoms with E-state index in [1.54, 1.807) is 6.92 Å². The van der Waals surface area contributed by atoms with Crippen molar-refractivity contribution < 1.29 is 19.1 Å². The first kappa shape index (κ1) is 11.8. The Bertz CT molecular complexity index is 444. The van der Waals surface area contributed by atoms with Crippen molar-refractivity contribution in [3.63, 3.8) is 0 Å². The number of hydrogen-bond donors (Lipinski definition) is 1. The number of carboxylic acid groups (broad SMARTS) is 1. The number of terminal acetylenes is 1. The maximum absolute atomic E-state index is 11.8. The van der Waals surface area contributed by atoms with Crippen molar-refractivity contribution in [1.29, 1.82) is 0 Å². The van der Waals surface area contributed by atoms with Gasteiger partial charge in [-0.2, -0.15) is 0 Å². The van der Waals surface area contributed by atoms with E-state index in [1.165, 1.54) is 0 Å². The fourth-order valence-corrected chi connectivity index (χ4v) is 1.12. The summed E-state index contributed by atoms with van der Waals surface area (Å²) in [5.74, 6) is 0.514. The van der Waals surface area contributed by atoms with Crippen molar-refractivity contribution in [2.45, 2.75) is 6.92 Å². The number of hydrogen-bond acceptors (Lipinski definition) is 4. The highest BCUT2D eigenvalue weighted by molar-refractivity contribution is 5.94. The molecule has 0 saturated carbocycles. The molecule has 0 radical (unpaired) electrons. The molecule has 0 atom stereocenters. The molecule has 0 aliphatic heterocycles. The van der Waals surface area contributed by atoms with Crippen LogP contribution in [-0.4, -0.2) is 40.0 Å². The fraction of sp³-hybridized carbons (Fsp3) is 0.300. The number of carboxylic acids is 1. The van der Waals surface area contributed by atoms with E-state index in [2.05, 4.69) is 10.9 Å². The molecule has 0 aliphatic carbocycles. The van der Waals surface area contributed by atoms with Gasteiger partial charge in [0, 0.05) is 0 Å². The van der Waals surface area contributed by atoms with Gasteiger partial charge in [-0.15, -0.1) is 6.42 Å². The lowest BCUT2D eigenvalue weighted by atomic mass is 10.3. The lowest BCUT2D eigenvalue weighted by Gasteiger charge is -2.16. The number of amides is 1. The van der Waals surface area contributed by atoms with Crippen molar-refractivity contribution >= 4 is 11.9 Å². The second kappa shape index (κ2) is 4.98. The number of aryl methyl sites for hydroxylation is 1. The number of oxazole rings is 1. The maximum Gasteiger partial charge on any atom is 0.323 e. The Balaban J connectivity index is 2.88. The molecule has 1 aromatic heterocycles. The predicted molar refractivity (Wildman–Crippen MR) is 53.6 cm³/mol. The number of aromatic nitrogens is 1. The topological polar surface area (TPSA) is 83.6 Å². The third-order valence-corrected chi connectivity index (χ3v) is 1.84. The van der Waals surface area contributed by atoms with Crippen LogP contribution in [0, 0.1) is 19.3 Å². The average Bonchev–Trinajstić information content (AvgIpc) is 2.62. The smallest absolute Gasteiger partial charge is 0.323 e. The quantitative estimate of drug-likeness (QED) is 0.733. The van der Waals surface area contributed by atoms with Crippen LogP contribution in [0.15, 0.2) is 10.8 Å². The van der Waals surface area contributed by atoms with Crippen LogP contribution in [0.5, 0.6) is 0 Å². The molecule has 0 aromatic carbocycles. The molecule has 1 aromatic rings. The van der Waals surface area contributed by atoms with E-state index in [1.807, 2.05) is 0 Å². The molecule has 0 bridgehead atoms. The number of carbonyl (C=O) groups excluding carboxylic acids is 1. The number of aliphatic carboxylic acids is 1. The number of rotatable bonds is 4. The van der Waals surface area contributed by atoms with Gasteiger partial charge in [0.1, 0.15) is 6.54 Å². The number of carbonyl (C=O) groups is 2. The predicted octanol–water partition coefficient (Wildman–Crippen LogP) is 0.143. The van der Waals surface area contributed by atoms with E-state index in [0.717, 1.165) is 11.3 Å². The van der Waals surface area contributed by atoms with E-state index in [4.69, 9.17) is 15.9 Å². The summed E-state index contributed by atoms with van der Waals surface area (Å²) in [6.45, 7) is 1.03. The molecule has 84 valence electrons. The molecule has 1 N–H and O–H groups in total. The summed E-state index contributed by atoms with van der Waals surface area (Å²) in [5, 5.41) is 8.62. The van der Waals surface area contributed by atoms with Crippen molar-refractivity contribution in [2.75, 3.05) is 13.1 Å². The Kier molecular flexibility index (Phi) is 3.67. The van der Waals surface area contributed by atoms with Gasteiger partial charge in [-0.25, -0.2) is 4.98 Å². The summed E-state index contributed by atoms with van der Waals surface area (Å²) in [6.07, 6.45) is 6.17. The SMILES string of the molecule is C#CCN(CC(=O)O)C(=O)c1ocnc1C. The van der Waals surface area contributed by atoms with Gasteiger partial charge in [-0.05, 0) is 6.92 Å². The lowest BCUT2D eigenvalue weighted by molar-refractivity contribution is -0.137. The van der Waals surface area contributed by atoms with Gasteiger partial charge in [0.25, 0.3) is 5.91 Å². The molecule has 0 saturated heterocycles. The highest BCUT2D eigenvalue weighted by Crippen LogP contribution is 2.08. The lowest BCUT2D eigenvalue weighted by Crippen LogP contribution is -2.36. The highest BCUT2D eigenvalue weighted by Gasteiger charge is 2.22. The van der Waals surface area contributed by atoms with Crippen LogP contribution >= 0.6 is 0 Å². The first-order valence-electron chi connectivity index (χ1n) is 4.41. The standard InChI is InChI=1S/C10H10N2O4/c1-3-4-12(5-8(13)14)10(15)9-7(2)11-6-16-9/h1,6H,4-5H2,2H3,(H,13,14). The summed E-state index contributed by atoms with van der Waals surface area (Å²) < 4.78 is 4.87. The normalized spacial score (nSPS) is 9.50. The van der Waals surface area contributed by atoms with Crippen LogP contribution in [-0.2, 0) is 4.79 Å². The second-order valence-electron chi connectivity index (χ2n) is 3.03. The molecule has 0 aliphatic rings. The summed E-state index contributed by atoms with van der Waals surface area (Å²) in [4.78, 5) is 27.1. The van der Waals surface area contributed by atoms with E-state index in [0.29, 0.717) is 5.69 Å². The van der Waals surface area contributed by atoms with Crippen LogP contribution in [0.2, 0.25) is 0 Å². The Morgan fingerprint density at radius 1 is 1.69 bits per heavy atom. The Hall–Kier alpha value is -2.29.